The van der Waals surface area contributed by atoms with Gasteiger partial charge in [0.1, 0.15) is 22.9 Å². The predicted molar refractivity (Wildman–Crippen MR) is 149 cm³/mol. The van der Waals surface area contributed by atoms with Gasteiger partial charge in [0.15, 0.2) is 5.82 Å². The van der Waals surface area contributed by atoms with E-state index in [9.17, 15) is 14.3 Å². The molecule has 40 heavy (non-hydrogen) atoms. The summed E-state index contributed by atoms with van der Waals surface area (Å²) in [6.07, 6.45) is 3.54. The number of aromatic hydroxyl groups is 1. The molecule has 1 fully saturated rings. The number of nitrogens with zero attached hydrogens (tertiary/aromatic N) is 5. The number of pyridine rings is 1. The van der Waals surface area contributed by atoms with Crippen LogP contribution in [0, 0.1) is 18.6 Å². The van der Waals surface area contributed by atoms with Crippen LogP contribution in [-0.4, -0.2) is 63.7 Å². The number of phenolic OH excluding ortho intramolecular Hbond substituents is 1. The number of phenols is 1. The van der Waals surface area contributed by atoms with Gasteiger partial charge in [0.05, 0.1) is 17.2 Å². The Morgan fingerprint density at radius 2 is 1.93 bits per heavy atom. The number of halogens is 3. The highest BCUT2D eigenvalue weighted by Crippen LogP contribution is 2.42. The lowest BCUT2D eigenvalue weighted by molar-refractivity contribution is -0.126. The SMILES string of the molecule is C=CC(=O)N1CCN(c2nc(OCCc3ccc(C)nc3)nc3c(F)c(-c4c(O)cccc4F)c(Cl)cc23)CC1. The van der Waals surface area contributed by atoms with Crippen molar-refractivity contribution in [1.82, 2.24) is 19.9 Å². The van der Waals surface area contributed by atoms with Crippen molar-refractivity contribution < 1.29 is 23.4 Å². The third-order valence-corrected chi connectivity index (χ3v) is 7.04. The van der Waals surface area contributed by atoms with Crippen LogP contribution in [-0.2, 0) is 11.2 Å². The summed E-state index contributed by atoms with van der Waals surface area (Å²) >= 11 is 6.49. The summed E-state index contributed by atoms with van der Waals surface area (Å²) in [5.74, 6) is -2.01. The van der Waals surface area contributed by atoms with E-state index >= 15 is 4.39 Å². The zero-order valence-corrected chi connectivity index (χ0v) is 22.5. The number of rotatable bonds is 7. The smallest absolute Gasteiger partial charge is 0.319 e. The summed E-state index contributed by atoms with van der Waals surface area (Å²) in [5, 5.41) is 10.5. The molecule has 3 heterocycles. The lowest BCUT2D eigenvalue weighted by Crippen LogP contribution is -2.48. The van der Waals surface area contributed by atoms with Crippen molar-refractivity contribution in [2.24, 2.45) is 0 Å². The van der Waals surface area contributed by atoms with Crippen LogP contribution < -0.4 is 9.64 Å². The van der Waals surface area contributed by atoms with Gasteiger partial charge < -0.3 is 19.6 Å². The lowest BCUT2D eigenvalue weighted by Gasteiger charge is -2.35. The summed E-state index contributed by atoms with van der Waals surface area (Å²) in [6.45, 7) is 7.28. The van der Waals surface area contributed by atoms with Gasteiger partial charge >= 0.3 is 6.01 Å². The molecule has 0 bridgehead atoms. The minimum atomic E-state index is -0.917. The number of anilines is 1. The normalized spacial score (nSPS) is 13.5. The topological polar surface area (TPSA) is 91.7 Å². The van der Waals surface area contributed by atoms with Crippen LogP contribution in [0.5, 0.6) is 11.8 Å². The average Bonchev–Trinajstić information content (AvgIpc) is 2.95. The molecular weight excluding hydrogens is 540 g/mol. The first kappa shape index (κ1) is 27.3. The van der Waals surface area contributed by atoms with Gasteiger partial charge in [0.25, 0.3) is 0 Å². The Bertz CT molecular complexity index is 1570. The molecule has 5 rings (SSSR count). The molecule has 4 aromatic rings. The number of aryl methyl sites for hydroxylation is 1. The van der Waals surface area contributed by atoms with E-state index in [2.05, 4.69) is 21.5 Å². The molecule has 0 radical (unpaired) electrons. The fourth-order valence-electron chi connectivity index (χ4n) is 4.63. The van der Waals surface area contributed by atoms with E-state index in [4.69, 9.17) is 16.3 Å². The fourth-order valence-corrected chi connectivity index (χ4v) is 4.92. The maximum atomic E-state index is 16.1. The lowest BCUT2D eigenvalue weighted by atomic mass is 10.0. The maximum Gasteiger partial charge on any atom is 0.319 e. The fraction of sp³-hybridized carbons (Fsp3) is 0.241. The van der Waals surface area contributed by atoms with Gasteiger partial charge in [-0.15, -0.1) is 0 Å². The Morgan fingerprint density at radius 3 is 2.60 bits per heavy atom. The molecule has 2 aromatic heterocycles. The molecule has 0 unspecified atom stereocenters. The molecule has 1 aliphatic heterocycles. The van der Waals surface area contributed by atoms with E-state index in [1.807, 2.05) is 24.0 Å². The molecule has 0 aliphatic carbocycles. The van der Waals surface area contributed by atoms with E-state index in [1.165, 1.54) is 24.3 Å². The van der Waals surface area contributed by atoms with Crippen molar-refractivity contribution in [2.45, 2.75) is 13.3 Å². The quantitative estimate of drug-likeness (QED) is 0.312. The van der Waals surface area contributed by atoms with Gasteiger partial charge in [-0.1, -0.05) is 30.3 Å². The summed E-state index contributed by atoms with van der Waals surface area (Å²) in [4.78, 5) is 28.8. The molecular formula is C29H26ClF2N5O3. The highest BCUT2D eigenvalue weighted by Gasteiger charge is 2.27. The predicted octanol–water partition coefficient (Wildman–Crippen LogP) is 5.09. The van der Waals surface area contributed by atoms with Crippen LogP contribution >= 0.6 is 11.6 Å². The molecule has 0 atom stereocenters. The number of carbonyl (C=O) groups excluding carboxylic acids is 1. The highest BCUT2D eigenvalue weighted by atomic mass is 35.5. The van der Waals surface area contributed by atoms with Crippen LogP contribution in [0.15, 0.2) is 55.3 Å². The minimum absolute atomic E-state index is 0.0721. The van der Waals surface area contributed by atoms with E-state index in [1.54, 1.807) is 11.1 Å². The van der Waals surface area contributed by atoms with Crippen molar-refractivity contribution in [1.29, 1.82) is 0 Å². The highest BCUT2D eigenvalue weighted by molar-refractivity contribution is 6.34. The van der Waals surface area contributed by atoms with Crippen molar-refractivity contribution in [3.63, 3.8) is 0 Å². The van der Waals surface area contributed by atoms with Crippen LogP contribution in [0.1, 0.15) is 11.3 Å². The summed E-state index contributed by atoms with van der Waals surface area (Å²) in [6, 6.07) is 8.90. The first-order valence-corrected chi connectivity index (χ1v) is 13.0. The second-order valence-electron chi connectivity index (χ2n) is 9.33. The number of benzene rings is 2. The van der Waals surface area contributed by atoms with Crippen LogP contribution in [0.25, 0.3) is 22.0 Å². The zero-order chi connectivity index (χ0) is 28.4. The van der Waals surface area contributed by atoms with E-state index < -0.39 is 17.4 Å². The number of hydrogen-bond acceptors (Lipinski definition) is 7. The first-order valence-electron chi connectivity index (χ1n) is 12.6. The standard InChI is InChI=1S/C29H26ClF2N5O3/c1-3-23(39)36-10-12-37(13-11-36)28-19-15-20(30)24(25-21(31)5-4-6-22(25)38)26(32)27(19)34-29(35-28)40-14-9-18-8-7-17(2)33-16-18/h3-8,15-16,38H,1,9-14H2,2H3. The van der Waals surface area contributed by atoms with Crippen molar-refractivity contribution in [2.75, 3.05) is 37.7 Å². The van der Waals surface area contributed by atoms with Crippen molar-refractivity contribution in [3.05, 3.63) is 83.2 Å². The Hall–Kier alpha value is -4.31. The van der Waals surface area contributed by atoms with Crippen molar-refractivity contribution in [3.8, 4) is 22.9 Å². The maximum absolute atomic E-state index is 16.1. The Morgan fingerprint density at radius 1 is 1.15 bits per heavy atom. The molecule has 1 N–H and O–H groups in total. The number of ether oxygens (including phenoxy) is 1. The van der Waals surface area contributed by atoms with Gasteiger partial charge in [-0.05, 0) is 42.8 Å². The number of fused-ring (bicyclic) bond motifs is 1. The number of carbonyl (C=O) groups is 1. The van der Waals surface area contributed by atoms with Crippen molar-refractivity contribution >= 4 is 34.2 Å². The molecule has 8 nitrogen and oxygen atoms in total. The Labute approximate surface area is 234 Å². The third kappa shape index (κ3) is 5.40. The Kier molecular flexibility index (Phi) is 7.79. The number of hydrogen-bond donors (Lipinski definition) is 1. The summed E-state index contributed by atoms with van der Waals surface area (Å²) < 4.78 is 36.7. The Balaban J connectivity index is 1.56. The van der Waals surface area contributed by atoms with Crippen LogP contribution in [0.4, 0.5) is 14.6 Å². The van der Waals surface area contributed by atoms with E-state index in [0.29, 0.717) is 43.8 Å². The number of piperazine rings is 1. The number of aromatic nitrogens is 3. The monoisotopic (exact) mass is 565 g/mol. The molecule has 1 aliphatic rings. The van der Waals surface area contributed by atoms with Gasteiger partial charge in [0.2, 0.25) is 5.91 Å². The van der Waals surface area contributed by atoms with Gasteiger partial charge in [-0.2, -0.15) is 9.97 Å². The summed E-state index contributed by atoms with van der Waals surface area (Å²) in [5.41, 5.74) is 1.03. The largest absolute Gasteiger partial charge is 0.507 e. The molecule has 1 saturated heterocycles. The molecule has 11 heteroatoms. The van der Waals surface area contributed by atoms with Crippen LogP contribution in [0.2, 0.25) is 5.02 Å². The zero-order valence-electron chi connectivity index (χ0n) is 21.7. The molecule has 2 aromatic carbocycles. The van der Waals surface area contributed by atoms with E-state index in [0.717, 1.165) is 17.3 Å². The van der Waals surface area contributed by atoms with E-state index in [-0.39, 0.29) is 40.2 Å². The number of amides is 1. The molecule has 0 saturated carbocycles. The minimum Gasteiger partial charge on any atom is -0.507 e. The second kappa shape index (κ2) is 11.4. The van der Waals surface area contributed by atoms with Crippen LogP contribution in [0.3, 0.4) is 0 Å². The third-order valence-electron chi connectivity index (χ3n) is 6.74. The van der Waals surface area contributed by atoms with Gasteiger partial charge in [0, 0.05) is 55.4 Å². The molecule has 0 spiro atoms. The summed E-state index contributed by atoms with van der Waals surface area (Å²) in [7, 11) is 0. The average molecular weight is 566 g/mol. The first-order chi connectivity index (χ1) is 19.3. The second-order valence-corrected chi connectivity index (χ2v) is 9.74. The van der Waals surface area contributed by atoms with Gasteiger partial charge in [-0.25, -0.2) is 8.78 Å². The molecule has 1 amide bonds. The van der Waals surface area contributed by atoms with Gasteiger partial charge in [-0.3, -0.25) is 9.78 Å². The molecule has 206 valence electrons.